The normalized spacial score (nSPS) is 18.2. The Kier molecular flexibility index (Phi) is 15.5. The molecular formula is C34H46FIN2O5. The quantitative estimate of drug-likeness (QED) is 0.125. The first-order valence-electron chi connectivity index (χ1n) is 15.6. The second kappa shape index (κ2) is 19.0. The lowest BCUT2D eigenvalue weighted by Gasteiger charge is -2.40. The van der Waals surface area contributed by atoms with Gasteiger partial charge in [0.1, 0.15) is 23.8 Å². The average molecular weight is 709 g/mol. The molecule has 0 aliphatic heterocycles. The van der Waals surface area contributed by atoms with Crippen LogP contribution in [0.5, 0.6) is 5.75 Å². The van der Waals surface area contributed by atoms with Crippen LogP contribution in [0, 0.1) is 9.39 Å². The topological polar surface area (TPSA) is 99.1 Å². The van der Waals surface area contributed by atoms with Gasteiger partial charge in [-0.3, -0.25) is 9.59 Å². The van der Waals surface area contributed by atoms with Gasteiger partial charge in [-0.2, -0.15) is 0 Å². The Morgan fingerprint density at radius 2 is 1.65 bits per heavy atom. The maximum Gasteiger partial charge on any atom is 0.247 e. The van der Waals surface area contributed by atoms with E-state index in [4.69, 9.17) is 4.74 Å². The van der Waals surface area contributed by atoms with Crippen molar-refractivity contribution in [2.45, 2.75) is 102 Å². The highest BCUT2D eigenvalue weighted by Crippen LogP contribution is 2.31. The molecule has 236 valence electrons. The number of ether oxygens (including phenoxy) is 1. The van der Waals surface area contributed by atoms with Crippen LogP contribution in [0.15, 0.2) is 60.2 Å². The molecule has 2 amide bonds. The largest absolute Gasteiger partial charge is 0.482 e. The molecular weight excluding hydrogens is 662 g/mol. The van der Waals surface area contributed by atoms with E-state index in [1.54, 1.807) is 29.2 Å². The molecule has 1 aliphatic carbocycles. The number of aliphatic hydroxyl groups excluding tert-OH is 2. The van der Waals surface area contributed by atoms with E-state index in [0.717, 1.165) is 34.8 Å². The maximum absolute atomic E-state index is 13.8. The van der Waals surface area contributed by atoms with Gasteiger partial charge in [0.05, 0.1) is 16.2 Å². The monoisotopic (exact) mass is 708 g/mol. The van der Waals surface area contributed by atoms with Gasteiger partial charge in [-0.1, -0.05) is 82.6 Å². The first kappa shape index (κ1) is 35.0. The number of unbranched alkanes of at least 4 members (excludes halogenated alkanes) is 8. The summed E-state index contributed by atoms with van der Waals surface area (Å²) in [6, 6.07) is 12.6. The van der Waals surface area contributed by atoms with E-state index in [9.17, 15) is 24.2 Å². The minimum Gasteiger partial charge on any atom is -0.482 e. The fourth-order valence-corrected chi connectivity index (χ4v) is 5.89. The molecule has 7 nitrogen and oxygen atoms in total. The highest BCUT2D eigenvalue weighted by atomic mass is 127. The summed E-state index contributed by atoms with van der Waals surface area (Å²) >= 11 is 2.15. The summed E-state index contributed by atoms with van der Waals surface area (Å²) < 4.78 is 20.7. The second-order valence-corrected chi connectivity index (χ2v) is 12.3. The van der Waals surface area contributed by atoms with Crippen molar-refractivity contribution in [1.29, 1.82) is 0 Å². The van der Waals surface area contributed by atoms with Gasteiger partial charge in [0.25, 0.3) is 0 Å². The third kappa shape index (κ3) is 11.5. The molecule has 43 heavy (non-hydrogen) atoms. The molecule has 0 heterocycles. The van der Waals surface area contributed by atoms with Crippen LogP contribution in [0.3, 0.4) is 0 Å². The summed E-state index contributed by atoms with van der Waals surface area (Å²) in [5, 5.41) is 23.6. The summed E-state index contributed by atoms with van der Waals surface area (Å²) in [6.45, 7) is 2.26. The lowest BCUT2D eigenvalue weighted by Crippen LogP contribution is -2.54. The molecule has 0 saturated heterocycles. The summed E-state index contributed by atoms with van der Waals surface area (Å²) in [7, 11) is 0. The zero-order chi connectivity index (χ0) is 31.0. The molecule has 3 rings (SSSR count). The molecule has 3 N–H and O–H groups in total. The predicted octanol–water partition coefficient (Wildman–Crippen LogP) is 6.30. The molecule has 0 unspecified atom stereocenters. The van der Waals surface area contributed by atoms with Gasteiger partial charge in [-0.25, -0.2) is 4.39 Å². The lowest BCUT2D eigenvalue weighted by atomic mass is 9.87. The molecule has 0 spiro atoms. The van der Waals surface area contributed by atoms with Gasteiger partial charge < -0.3 is 25.2 Å². The third-order valence-corrected chi connectivity index (χ3v) is 8.69. The van der Waals surface area contributed by atoms with Crippen molar-refractivity contribution in [3.8, 4) is 5.75 Å². The Bertz CT molecular complexity index is 1180. The van der Waals surface area contributed by atoms with E-state index in [2.05, 4.69) is 34.8 Å². The Hall–Kier alpha value is -2.50. The zero-order valence-electron chi connectivity index (χ0n) is 25.2. The van der Waals surface area contributed by atoms with Crippen LogP contribution in [0.4, 0.5) is 4.39 Å². The van der Waals surface area contributed by atoms with Crippen LogP contribution < -0.4 is 10.1 Å². The van der Waals surface area contributed by atoms with E-state index in [0.29, 0.717) is 17.7 Å². The van der Waals surface area contributed by atoms with Gasteiger partial charge in [-0.05, 0) is 64.9 Å². The molecule has 2 aromatic rings. The number of amides is 2. The lowest BCUT2D eigenvalue weighted by molar-refractivity contribution is -0.139. The van der Waals surface area contributed by atoms with Crippen LogP contribution in [-0.4, -0.2) is 58.3 Å². The number of nitrogens with one attached hydrogen (secondary N) is 1. The summed E-state index contributed by atoms with van der Waals surface area (Å²) in [4.78, 5) is 28.4. The van der Waals surface area contributed by atoms with Crippen LogP contribution in [-0.2, 0) is 16.1 Å². The van der Waals surface area contributed by atoms with Crippen LogP contribution in [0.2, 0.25) is 0 Å². The third-order valence-electron chi connectivity index (χ3n) is 7.80. The van der Waals surface area contributed by atoms with Crippen molar-refractivity contribution in [2.75, 3.05) is 13.2 Å². The number of halogens is 2. The summed E-state index contributed by atoms with van der Waals surface area (Å²) in [6.07, 6.45) is 10.2. The molecule has 0 saturated carbocycles. The summed E-state index contributed by atoms with van der Waals surface area (Å²) in [5.41, 5.74) is 1.10. The fourth-order valence-electron chi connectivity index (χ4n) is 5.37. The number of rotatable bonds is 18. The molecule has 0 aromatic heterocycles. The minimum atomic E-state index is -1.11. The van der Waals surface area contributed by atoms with Crippen molar-refractivity contribution >= 4 is 34.4 Å². The fraction of sp³-hybridized carbons (Fsp3) is 0.529. The van der Waals surface area contributed by atoms with Crippen molar-refractivity contribution in [3.63, 3.8) is 0 Å². The van der Waals surface area contributed by atoms with Gasteiger partial charge in [-0.15, -0.1) is 0 Å². The Labute approximate surface area is 269 Å². The molecule has 1 aliphatic rings. The first-order valence-corrected chi connectivity index (χ1v) is 16.6. The molecule has 9 heteroatoms. The predicted molar refractivity (Wildman–Crippen MR) is 175 cm³/mol. The number of carbonyl (C=O) groups excluding carboxylic acids is 2. The van der Waals surface area contributed by atoms with E-state index < -0.39 is 18.2 Å². The summed E-state index contributed by atoms with van der Waals surface area (Å²) in [5.74, 6) is -0.312. The zero-order valence-corrected chi connectivity index (χ0v) is 27.3. The average Bonchev–Trinajstić information content (AvgIpc) is 3.00. The number of hydrogen-bond acceptors (Lipinski definition) is 5. The van der Waals surface area contributed by atoms with Gasteiger partial charge in [0, 0.05) is 31.5 Å². The van der Waals surface area contributed by atoms with Gasteiger partial charge >= 0.3 is 0 Å². The highest BCUT2D eigenvalue weighted by molar-refractivity contribution is 14.1. The van der Waals surface area contributed by atoms with Crippen molar-refractivity contribution < 1.29 is 28.9 Å². The number of hydrogen-bond donors (Lipinski definition) is 3. The second-order valence-electron chi connectivity index (χ2n) is 11.2. The van der Waals surface area contributed by atoms with Crippen LogP contribution in [0.1, 0.15) is 83.1 Å². The van der Waals surface area contributed by atoms with Gasteiger partial charge in [0.2, 0.25) is 11.8 Å². The molecule has 3 atom stereocenters. The van der Waals surface area contributed by atoms with Crippen LogP contribution >= 0.6 is 22.6 Å². The van der Waals surface area contributed by atoms with Crippen LogP contribution in [0.25, 0.3) is 0 Å². The number of para-hydroxylation sites is 1. The van der Waals surface area contributed by atoms with Crippen molar-refractivity contribution in [2.24, 2.45) is 0 Å². The Balaban J connectivity index is 1.79. The Morgan fingerprint density at radius 1 is 1.00 bits per heavy atom. The smallest absolute Gasteiger partial charge is 0.247 e. The standard InChI is InChI=1S/C34H46FIN2O5/c1-2-3-4-5-6-7-8-9-10-15-32(40)38(24-25-16-18-27(35)19-17-25)29-22-26(34(42)37-20-21-39)23-31(33(29)41)43-30-14-12-11-13-28(30)36/h11-14,16-19,23,29,31,33,39,41H,2-10,15,20-22,24H2,1H3,(H,37,42)/t29-,31+,33+/m1/s1. The van der Waals surface area contributed by atoms with Crippen molar-refractivity contribution in [1.82, 2.24) is 10.2 Å². The van der Waals surface area contributed by atoms with E-state index in [1.165, 1.54) is 44.2 Å². The van der Waals surface area contributed by atoms with Crippen molar-refractivity contribution in [3.05, 3.63) is 75.1 Å². The SMILES string of the molecule is CCCCCCCCCCCC(=O)N(Cc1ccc(F)cc1)[C@@H]1CC(C(=O)NCCO)=C[C@H](Oc2ccccc2I)[C@H]1O. The molecule has 0 fully saturated rings. The number of aliphatic hydroxyl groups is 2. The molecule has 2 aromatic carbocycles. The maximum atomic E-state index is 13.8. The Morgan fingerprint density at radius 3 is 2.30 bits per heavy atom. The number of carbonyl (C=O) groups is 2. The van der Waals surface area contributed by atoms with E-state index in [-0.39, 0.29) is 43.7 Å². The highest BCUT2D eigenvalue weighted by Gasteiger charge is 2.40. The number of benzene rings is 2. The van der Waals surface area contributed by atoms with E-state index >= 15 is 0 Å². The van der Waals surface area contributed by atoms with Gasteiger partial charge in [0.15, 0.2) is 0 Å². The first-order chi connectivity index (χ1) is 20.8. The van der Waals surface area contributed by atoms with E-state index in [1.807, 2.05) is 18.2 Å². The molecule has 0 radical (unpaired) electrons. The number of nitrogens with zero attached hydrogens (tertiary/aromatic N) is 1. The minimum absolute atomic E-state index is 0.0856. The molecule has 0 bridgehead atoms.